The number of nitrogens with one attached hydrogen (secondary N) is 1. The van der Waals surface area contributed by atoms with Crippen molar-refractivity contribution >= 4 is 39.8 Å². The standard InChI is InChI=1S/C21H24ClNO4S/c1-11-5-6-15-16(7-11)28-20(18(15)21(25)26-4)23-17(24)10-27-14-8-12(2)19(22)13(3)9-14/h8-9,11H,5-7,10H2,1-4H3,(H,23,24)/t11-/m0/s1. The fourth-order valence-corrected chi connectivity index (χ4v) is 4.98. The molecule has 0 aliphatic heterocycles. The molecular formula is C21H24ClNO4S. The third-order valence-corrected chi connectivity index (χ3v) is 6.70. The smallest absolute Gasteiger partial charge is 0.341 e. The molecule has 0 saturated heterocycles. The molecule has 0 bridgehead atoms. The SMILES string of the molecule is COC(=O)c1c(NC(=O)COc2cc(C)c(Cl)c(C)c2)sc2c1CC[C@H](C)C2. The normalized spacial score (nSPS) is 15.7. The summed E-state index contributed by atoms with van der Waals surface area (Å²) < 4.78 is 10.6. The lowest BCUT2D eigenvalue weighted by Crippen LogP contribution is -2.21. The van der Waals surface area contributed by atoms with Crippen LogP contribution in [0.15, 0.2) is 12.1 Å². The number of aryl methyl sites for hydroxylation is 2. The van der Waals surface area contributed by atoms with E-state index < -0.39 is 5.97 Å². The van der Waals surface area contributed by atoms with Crippen LogP contribution in [0.5, 0.6) is 5.75 Å². The Balaban J connectivity index is 1.74. The summed E-state index contributed by atoms with van der Waals surface area (Å²) in [4.78, 5) is 25.9. The highest BCUT2D eigenvalue weighted by Gasteiger charge is 2.28. The Labute approximate surface area is 174 Å². The number of ether oxygens (including phenoxy) is 2. The maximum absolute atomic E-state index is 12.5. The number of fused-ring (bicyclic) bond motifs is 1. The fourth-order valence-electron chi connectivity index (χ4n) is 3.46. The monoisotopic (exact) mass is 421 g/mol. The highest BCUT2D eigenvalue weighted by atomic mass is 35.5. The van der Waals surface area contributed by atoms with Crippen molar-refractivity contribution in [2.24, 2.45) is 5.92 Å². The van der Waals surface area contributed by atoms with E-state index in [1.54, 1.807) is 12.1 Å². The molecule has 1 atom stereocenters. The Kier molecular flexibility index (Phi) is 6.30. The van der Waals surface area contributed by atoms with Crippen LogP contribution in [0.3, 0.4) is 0 Å². The summed E-state index contributed by atoms with van der Waals surface area (Å²) in [6.45, 7) is 5.83. The molecule has 1 amide bonds. The molecule has 7 heteroatoms. The van der Waals surface area contributed by atoms with Crippen LogP contribution in [0.1, 0.15) is 45.3 Å². The number of hydrogen-bond acceptors (Lipinski definition) is 5. The van der Waals surface area contributed by atoms with E-state index in [9.17, 15) is 9.59 Å². The number of thiophene rings is 1. The Hall–Kier alpha value is -2.05. The first-order valence-corrected chi connectivity index (χ1v) is 10.4. The summed E-state index contributed by atoms with van der Waals surface area (Å²) in [6.07, 6.45) is 2.77. The molecule has 1 aliphatic rings. The van der Waals surface area contributed by atoms with Gasteiger partial charge in [0.15, 0.2) is 6.61 Å². The number of carbonyl (C=O) groups is 2. The van der Waals surface area contributed by atoms with E-state index in [0.717, 1.165) is 40.8 Å². The second-order valence-corrected chi connectivity index (χ2v) is 8.74. The maximum Gasteiger partial charge on any atom is 0.341 e. The van der Waals surface area contributed by atoms with Crippen molar-refractivity contribution in [3.8, 4) is 5.75 Å². The van der Waals surface area contributed by atoms with Crippen LogP contribution in [0.2, 0.25) is 5.02 Å². The predicted octanol–water partition coefficient (Wildman–Crippen LogP) is 4.95. The van der Waals surface area contributed by atoms with Crippen LogP contribution in [0.4, 0.5) is 5.00 Å². The molecule has 2 aromatic rings. The molecule has 150 valence electrons. The summed E-state index contributed by atoms with van der Waals surface area (Å²) in [7, 11) is 1.36. The predicted molar refractivity (Wildman–Crippen MR) is 112 cm³/mol. The summed E-state index contributed by atoms with van der Waals surface area (Å²) in [6, 6.07) is 3.60. The van der Waals surface area contributed by atoms with Crippen molar-refractivity contribution in [3.63, 3.8) is 0 Å². The Morgan fingerprint density at radius 3 is 2.61 bits per heavy atom. The van der Waals surface area contributed by atoms with Crippen molar-refractivity contribution in [2.45, 2.75) is 40.0 Å². The number of methoxy groups -OCH3 is 1. The zero-order chi connectivity index (χ0) is 20.4. The van der Waals surface area contributed by atoms with E-state index >= 15 is 0 Å². The zero-order valence-corrected chi connectivity index (χ0v) is 18.1. The minimum atomic E-state index is -0.410. The minimum absolute atomic E-state index is 0.153. The number of amides is 1. The fraction of sp³-hybridized carbons (Fsp3) is 0.429. The van der Waals surface area contributed by atoms with Gasteiger partial charge in [-0.2, -0.15) is 0 Å². The molecule has 0 fully saturated rings. The Morgan fingerprint density at radius 2 is 1.96 bits per heavy atom. The molecular weight excluding hydrogens is 398 g/mol. The molecule has 3 rings (SSSR count). The summed E-state index contributed by atoms with van der Waals surface area (Å²) in [5, 5.41) is 4.07. The second kappa shape index (κ2) is 8.53. The minimum Gasteiger partial charge on any atom is -0.484 e. The molecule has 1 aliphatic carbocycles. The lowest BCUT2D eigenvalue weighted by atomic mass is 9.88. The van der Waals surface area contributed by atoms with E-state index in [2.05, 4.69) is 12.2 Å². The largest absolute Gasteiger partial charge is 0.484 e. The van der Waals surface area contributed by atoms with E-state index in [1.165, 1.54) is 18.4 Å². The number of hydrogen-bond donors (Lipinski definition) is 1. The number of rotatable bonds is 5. The van der Waals surface area contributed by atoms with Crippen LogP contribution in [0, 0.1) is 19.8 Å². The van der Waals surface area contributed by atoms with Crippen molar-refractivity contribution in [1.29, 1.82) is 0 Å². The van der Waals surface area contributed by atoms with Crippen molar-refractivity contribution in [1.82, 2.24) is 0 Å². The first kappa shape index (κ1) is 20.7. The van der Waals surface area contributed by atoms with Gasteiger partial charge >= 0.3 is 5.97 Å². The number of esters is 1. The van der Waals surface area contributed by atoms with Crippen LogP contribution in [0.25, 0.3) is 0 Å². The zero-order valence-electron chi connectivity index (χ0n) is 16.5. The lowest BCUT2D eigenvalue weighted by molar-refractivity contribution is -0.118. The number of benzene rings is 1. The van der Waals surface area contributed by atoms with Gasteiger partial charge in [0, 0.05) is 9.90 Å². The van der Waals surface area contributed by atoms with Gasteiger partial charge in [-0.25, -0.2) is 4.79 Å². The van der Waals surface area contributed by atoms with Crippen molar-refractivity contribution < 1.29 is 19.1 Å². The van der Waals surface area contributed by atoms with Crippen molar-refractivity contribution in [2.75, 3.05) is 19.0 Å². The molecule has 1 N–H and O–H groups in total. The highest BCUT2D eigenvalue weighted by molar-refractivity contribution is 7.17. The van der Waals surface area contributed by atoms with E-state index in [-0.39, 0.29) is 12.5 Å². The van der Waals surface area contributed by atoms with Gasteiger partial charge in [-0.3, -0.25) is 4.79 Å². The third-order valence-electron chi connectivity index (χ3n) is 4.93. The molecule has 1 aromatic heterocycles. The molecule has 1 heterocycles. The van der Waals surface area contributed by atoms with Crippen LogP contribution < -0.4 is 10.1 Å². The molecule has 0 saturated carbocycles. The molecule has 28 heavy (non-hydrogen) atoms. The van der Waals surface area contributed by atoms with Gasteiger partial charge in [-0.15, -0.1) is 11.3 Å². The average molecular weight is 422 g/mol. The number of halogens is 1. The van der Waals surface area contributed by atoms with Gasteiger partial charge in [0.25, 0.3) is 5.91 Å². The highest BCUT2D eigenvalue weighted by Crippen LogP contribution is 2.40. The summed E-state index contributed by atoms with van der Waals surface area (Å²) in [5.41, 5.74) is 3.28. The van der Waals surface area contributed by atoms with Crippen LogP contribution >= 0.6 is 22.9 Å². The first-order valence-electron chi connectivity index (χ1n) is 9.22. The van der Waals surface area contributed by atoms with E-state index in [4.69, 9.17) is 21.1 Å². The number of carbonyl (C=O) groups excluding carboxylic acids is 2. The Bertz CT molecular complexity index is 898. The second-order valence-electron chi connectivity index (χ2n) is 7.26. The van der Waals surface area contributed by atoms with E-state index in [1.807, 2.05) is 13.8 Å². The maximum atomic E-state index is 12.5. The van der Waals surface area contributed by atoms with Gasteiger partial charge in [-0.05, 0) is 67.9 Å². The Morgan fingerprint density at radius 1 is 1.29 bits per heavy atom. The topological polar surface area (TPSA) is 64.6 Å². The third kappa shape index (κ3) is 4.33. The lowest BCUT2D eigenvalue weighted by Gasteiger charge is -2.18. The van der Waals surface area contributed by atoms with Crippen LogP contribution in [-0.4, -0.2) is 25.6 Å². The van der Waals surface area contributed by atoms with E-state index in [0.29, 0.717) is 27.3 Å². The molecule has 0 unspecified atom stereocenters. The van der Waals surface area contributed by atoms with Crippen molar-refractivity contribution in [3.05, 3.63) is 44.3 Å². The van der Waals surface area contributed by atoms with Gasteiger partial charge < -0.3 is 14.8 Å². The number of anilines is 1. The molecule has 0 spiro atoms. The van der Waals surface area contributed by atoms with Gasteiger partial charge in [0.1, 0.15) is 10.8 Å². The summed E-state index contributed by atoms with van der Waals surface area (Å²) >= 11 is 7.62. The molecule has 0 radical (unpaired) electrons. The van der Waals surface area contributed by atoms with Gasteiger partial charge in [0.2, 0.25) is 0 Å². The van der Waals surface area contributed by atoms with Crippen LogP contribution in [-0.2, 0) is 22.4 Å². The van der Waals surface area contributed by atoms with Gasteiger partial charge in [-0.1, -0.05) is 18.5 Å². The van der Waals surface area contributed by atoms with Gasteiger partial charge in [0.05, 0.1) is 12.7 Å². The summed E-state index contributed by atoms with van der Waals surface area (Å²) in [5.74, 6) is 0.427. The quantitative estimate of drug-likeness (QED) is 0.694. The average Bonchev–Trinajstić information content (AvgIpc) is 3.00. The first-order chi connectivity index (χ1) is 13.3. The molecule has 5 nitrogen and oxygen atoms in total. The molecule has 1 aromatic carbocycles.